The first-order valence-corrected chi connectivity index (χ1v) is 5.96. The lowest BCUT2D eigenvalue weighted by Gasteiger charge is -2.07. The van der Waals surface area contributed by atoms with Crippen LogP contribution in [0.5, 0.6) is 0 Å². The first kappa shape index (κ1) is 13.2. The fourth-order valence-corrected chi connectivity index (χ4v) is 1.60. The molecule has 0 aliphatic rings. The van der Waals surface area contributed by atoms with Crippen molar-refractivity contribution in [2.24, 2.45) is 0 Å². The van der Waals surface area contributed by atoms with Gasteiger partial charge in [-0.2, -0.15) is 0 Å². The number of aliphatic hydroxyl groups excluding tert-OH is 1. The Hall–Kier alpha value is -0.860. The molecule has 0 saturated carbocycles. The Kier molecular flexibility index (Phi) is 5.50. The van der Waals surface area contributed by atoms with Crippen molar-refractivity contribution < 1.29 is 9.90 Å². The van der Waals surface area contributed by atoms with Crippen molar-refractivity contribution in [1.29, 1.82) is 0 Å². The smallest absolute Gasteiger partial charge is 0.130 e. The van der Waals surface area contributed by atoms with E-state index in [0.717, 1.165) is 17.5 Å². The van der Waals surface area contributed by atoms with Crippen molar-refractivity contribution >= 4 is 17.4 Å². The van der Waals surface area contributed by atoms with Crippen LogP contribution in [0, 0.1) is 0 Å². The standard InChI is InChI=1S/C13H17ClO2/c1-10(15)2-3-11-4-6-12(7-5-11)8-13(16)9-14/h4-7,13,16H,2-3,8-9H2,1H3/t13-/m0/s1. The molecule has 2 nitrogen and oxygen atoms in total. The number of alkyl halides is 1. The predicted molar refractivity (Wildman–Crippen MR) is 65.9 cm³/mol. The number of hydrogen-bond donors (Lipinski definition) is 1. The molecule has 16 heavy (non-hydrogen) atoms. The summed E-state index contributed by atoms with van der Waals surface area (Å²) in [5.74, 6) is 0.466. The number of rotatable bonds is 6. The monoisotopic (exact) mass is 240 g/mol. The van der Waals surface area contributed by atoms with Gasteiger partial charge in [-0.05, 0) is 30.9 Å². The van der Waals surface area contributed by atoms with E-state index in [1.165, 1.54) is 0 Å². The summed E-state index contributed by atoms with van der Waals surface area (Å²) in [6, 6.07) is 7.95. The Labute approximate surface area is 101 Å². The van der Waals surface area contributed by atoms with Gasteiger partial charge in [0, 0.05) is 12.3 Å². The van der Waals surface area contributed by atoms with Gasteiger partial charge in [0.1, 0.15) is 5.78 Å². The van der Waals surface area contributed by atoms with Crippen molar-refractivity contribution in [2.75, 3.05) is 5.88 Å². The van der Waals surface area contributed by atoms with Crippen LogP contribution in [0.25, 0.3) is 0 Å². The number of carbonyl (C=O) groups excluding carboxylic acids is 1. The largest absolute Gasteiger partial charge is 0.392 e. The molecule has 3 heteroatoms. The maximum atomic E-state index is 10.8. The highest BCUT2D eigenvalue weighted by molar-refractivity contribution is 6.18. The number of halogens is 1. The van der Waals surface area contributed by atoms with Crippen molar-refractivity contribution in [3.8, 4) is 0 Å². The first-order chi connectivity index (χ1) is 7.61. The molecule has 88 valence electrons. The molecule has 0 aliphatic heterocycles. The molecule has 0 bridgehead atoms. The van der Waals surface area contributed by atoms with Crippen molar-refractivity contribution in [3.05, 3.63) is 35.4 Å². The number of benzene rings is 1. The third-order valence-corrected chi connectivity index (χ3v) is 2.79. The van der Waals surface area contributed by atoms with Gasteiger partial charge in [0.05, 0.1) is 6.10 Å². The topological polar surface area (TPSA) is 37.3 Å². The van der Waals surface area contributed by atoms with Crippen LogP contribution in [0.3, 0.4) is 0 Å². The molecular weight excluding hydrogens is 224 g/mol. The SMILES string of the molecule is CC(=O)CCc1ccc(C[C@H](O)CCl)cc1. The molecule has 0 aromatic heterocycles. The fraction of sp³-hybridized carbons (Fsp3) is 0.462. The molecule has 0 saturated heterocycles. The highest BCUT2D eigenvalue weighted by Crippen LogP contribution is 2.09. The van der Waals surface area contributed by atoms with E-state index in [0.29, 0.717) is 12.8 Å². The average Bonchev–Trinajstić information content (AvgIpc) is 2.28. The van der Waals surface area contributed by atoms with E-state index in [1.54, 1.807) is 6.92 Å². The van der Waals surface area contributed by atoms with Crippen LogP contribution >= 0.6 is 11.6 Å². The lowest BCUT2D eigenvalue weighted by molar-refractivity contribution is -0.116. The highest BCUT2D eigenvalue weighted by atomic mass is 35.5. The van der Waals surface area contributed by atoms with Crippen molar-refractivity contribution in [3.63, 3.8) is 0 Å². The van der Waals surface area contributed by atoms with Gasteiger partial charge >= 0.3 is 0 Å². The van der Waals surface area contributed by atoms with Gasteiger partial charge in [0.15, 0.2) is 0 Å². The molecule has 0 spiro atoms. The Morgan fingerprint density at radius 3 is 2.38 bits per heavy atom. The van der Waals surface area contributed by atoms with Crippen LogP contribution in [-0.2, 0) is 17.6 Å². The summed E-state index contributed by atoms with van der Waals surface area (Å²) in [5.41, 5.74) is 2.22. The molecule has 0 fully saturated rings. The summed E-state index contributed by atoms with van der Waals surface area (Å²) in [4.78, 5) is 10.8. The lowest BCUT2D eigenvalue weighted by Crippen LogP contribution is -2.11. The second kappa shape index (κ2) is 6.66. The van der Waals surface area contributed by atoms with Gasteiger partial charge in [-0.1, -0.05) is 24.3 Å². The summed E-state index contributed by atoms with van der Waals surface area (Å²) < 4.78 is 0. The van der Waals surface area contributed by atoms with Crippen molar-refractivity contribution in [2.45, 2.75) is 32.3 Å². The number of hydrogen-bond acceptors (Lipinski definition) is 2. The molecule has 0 aliphatic carbocycles. The van der Waals surface area contributed by atoms with Gasteiger partial charge in [-0.25, -0.2) is 0 Å². The van der Waals surface area contributed by atoms with Crippen LogP contribution in [0.1, 0.15) is 24.5 Å². The first-order valence-electron chi connectivity index (χ1n) is 5.43. The van der Waals surface area contributed by atoms with E-state index in [2.05, 4.69) is 0 Å². The summed E-state index contributed by atoms with van der Waals surface area (Å²) in [6.07, 6.45) is 1.47. The van der Waals surface area contributed by atoms with Crippen LogP contribution < -0.4 is 0 Å². The molecule has 1 aromatic carbocycles. The zero-order valence-electron chi connectivity index (χ0n) is 9.45. The molecule has 1 rings (SSSR count). The second-order valence-electron chi connectivity index (χ2n) is 4.03. The average molecular weight is 241 g/mol. The van der Waals surface area contributed by atoms with E-state index in [1.807, 2.05) is 24.3 Å². The van der Waals surface area contributed by atoms with E-state index in [9.17, 15) is 9.90 Å². The molecule has 1 atom stereocenters. The Balaban J connectivity index is 2.50. The van der Waals surface area contributed by atoms with Gasteiger partial charge in [0.25, 0.3) is 0 Å². The summed E-state index contributed by atoms with van der Waals surface area (Å²) in [6.45, 7) is 1.60. The summed E-state index contributed by atoms with van der Waals surface area (Å²) >= 11 is 5.53. The highest BCUT2D eigenvalue weighted by Gasteiger charge is 2.03. The third-order valence-electron chi connectivity index (χ3n) is 2.44. The summed E-state index contributed by atoms with van der Waals surface area (Å²) in [7, 11) is 0. The minimum Gasteiger partial charge on any atom is -0.392 e. The number of Topliss-reactive ketones (excluding diaryl/α,β-unsaturated/α-hetero) is 1. The van der Waals surface area contributed by atoms with Gasteiger partial charge < -0.3 is 9.90 Å². The van der Waals surface area contributed by atoms with Gasteiger partial charge in [0.2, 0.25) is 0 Å². The fourth-order valence-electron chi connectivity index (χ4n) is 1.49. The second-order valence-corrected chi connectivity index (χ2v) is 4.34. The van der Waals surface area contributed by atoms with E-state index < -0.39 is 6.10 Å². The van der Waals surface area contributed by atoms with Crippen LogP contribution in [0.4, 0.5) is 0 Å². The Morgan fingerprint density at radius 2 is 1.88 bits per heavy atom. The molecule has 0 heterocycles. The minimum atomic E-state index is -0.482. The predicted octanol–water partition coefficient (Wildman–Crippen LogP) is 2.35. The van der Waals surface area contributed by atoms with Crippen LogP contribution in [0.2, 0.25) is 0 Å². The number of carbonyl (C=O) groups is 1. The normalized spacial score (nSPS) is 12.4. The Bertz CT molecular complexity index is 332. The maximum absolute atomic E-state index is 10.8. The maximum Gasteiger partial charge on any atom is 0.130 e. The van der Waals surface area contributed by atoms with Crippen LogP contribution in [0.15, 0.2) is 24.3 Å². The Morgan fingerprint density at radius 1 is 1.31 bits per heavy atom. The molecule has 0 amide bonds. The quantitative estimate of drug-likeness (QED) is 0.775. The lowest BCUT2D eigenvalue weighted by atomic mass is 10.0. The molecule has 0 radical (unpaired) electrons. The minimum absolute atomic E-state index is 0.210. The number of aliphatic hydroxyl groups is 1. The van der Waals surface area contributed by atoms with E-state index in [4.69, 9.17) is 11.6 Å². The number of ketones is 1. The zero-order valence-corrected chi connectivity index (χ0v) is 10.2. The zero-order chi connectivity index (χ0) is 12.0. The molecule has 1 aromatic rings. The number of aryl methyl sites for hydroxylation is 1. The van der Waals surface area contributed by atoms with Gasteiger partial charge in [-0.15, -0.1) is 11.6 Å². The third kappa shape index (κ3) is 4.77. The van der Waals surface area contributed by atoms with Crippen molar-refractivity contribution in [1.82, 2.24) is 0 Å². The van der Waals surface area contributed by atoms with E-state index in [-0.39, 0.29) is 11.7 Å². The molecular formula is C13H17ClO2. The van der Waals surface area contributed by atoms with E-state index >= 15 is 0 Å². The molecule has 0 unspecified atom stereocenters. The van der Waals surface area contributed by atoms with Crippen LogP contribution in [-0.4, -0.2) is 22.9 Å². The summed E-state index contributed by atoms with van der Waals surface area (Å²) in [5, 5.41) is 9.38. The van der Waals surface area contributed by atoms with Gasteiger partial charge in [-0.3, -0.25) is 0 Å². The molecule has 1 N–H and O–H groups in total.